The molecule has 0 aromatic heterocycles. The summed E-state index contributed by atoms with van der Waals surface area (Å²) >= 11 is 0. The van der Waals surface area contributed by atoms with Gasteiger partial charge in [-0.2, -0.15) is 0 Å². The van der Waals surface area contributed by atoms with Crippen molar-refractivity contribution in [2.75, 3.05) is 12.9 Å². The Morgan fingerprint density at radius 2 is 1.94 bits per heavy atom. The molecule has 0 N–H and O–H groups in total. The van der Waals surface area contributed by atoms with Crippen LogP contribution >= 0.6 is 0 Å². The molecule has 0 atom stereocenters. The van der Waals surface area contributed by atoms with Gasteiger partial charge < -0.3 is 4.74 Å². The van der Waals surface area contributed by atoms with E-state index in [1.807, 2.05) is 0 Å². The Morgan fingerprint density at radius 3 is 2.50 bits per heavy atom. The maximum atomic E-state index is 11.5. The molecule has 5 heteroatoms. The minimum atomic E-state index is -3.34. The summed E-state index contributed by atoms with van der Waals surface area (Å²) in [4.78, 5) is 11.5. The summed E-state index contributed by atoms with van der Waals surface area (Å²) in [6.45, 7) is 0.201. The van der Waals surface area contributed by atoms with Gasteiger partial charge in [-0.25, -0.2) is 13.2 Å². The minimum absolute atomic E-state index is 0.153. The zero-order chi connectivity index (χ0) is 11.8. The Labute approximate surface area is 93.5 Å². The molecule has 16 heavy (non-hydrogen) atoms. The average Bonchev–Trinajstić information content (AvgIpc) is 2.63. The number of hydrogen-bond acceptors (Lipinski definition) is 4. The molecule has 0 radical (unpaired) electrons. The lowest BCUT2D eigenvalue weighted by molar-refractivity contribution is -0.133. The van der Waals surface area contributed by atoms with Gasteiger partial charge >= 0.3 is 5.97 Å². The number of carbonyl (C=O) groups is 1. The van der Waals surface area contributed by atoms with Crippen molar-refractivity contribution in [2.45, 2.75) is 4.90 Å². The van der Waals surface area contributed by atoms with E-state index in [9.17, 15) is 13.2 Å². The maximum Gasteiger partial charge on any atom is 0.338 e. The summed E-state index contributed by atoms with van der Waals surface area (Å²) in [7, 11) is -3.34. The topological polar surface area (TPSA) is 60.4 Å². The zero-order valence-corrected chi connectivity index (χ0v) is 9.45. The van der Waals surface area contributed by atoms with E-state index < -0.39 is 15.8 Å². The fourth-order valence-electron chi connectivity index (χ4n) is 1.59. The highest BCUT2D eigenvalue weighted by molar-refractivity contribution is 7.90. The highest BCUT2D eigenvalue weighted by atomic mass is 32.2. The summed E-state index contributed by atoms with van der Waals surface area (Å²) in [6, 6.07) is 6.41. The van der Waals surface area contributed by atoms with Gasteiger partial charge in [0.1, 0.15) is 6.61 Å². The molecule has 0 amide bonds. The number of carbonyl (C=O) groups excluding carboxylic acids is 1. The molecule has 1 heterocycles. The summed E-state index contributed by atoms with van der Waals surface area (Å²) in [5, 5.41) is 0. The molecular formula is C11H10O4S. The van der Waals surface area contributed by atoms with Gasteiger partial charge in [0.15, 0.2) is 9.84 Å². The molecule has 1 aromatic rings. The van der Waals surface area contributed by atoms with Gasteiger partial charge in [0.25, 0.3) is 0 Å². The number of sulfone groups is 1. The predicted octanol–water partition coefficient (Wildman–Crippen LogP) is 1.03. The maximum absolute atomic E-state index is 11.5. The summed E-state index contributed by atoms with van der Waals surface area (Å²) in [5.41, 5.74) is 0.730. The highest BCUT2D eigenvalue weighted by Crippen LogP contribution is 2.26. The Kier molecular flexibility index (Phi) is 2.55. The van der Waals surface area contributed by atoms with Crippen molar-refractivity contribution < 1.29 is 17.9 Å². The lowest BCUT2D eigenvalue weighted by Crippen LogP contribution is -2.05. The summed E-state index contributed by atoms with van der Waals surface area (Å²) in [6.07, 6.45) is 2.71. The molecular weight excluding hydrogens is 228 g/mol. The van der Waals surface area contributed by atoms with Crippen molar-refractivity contribution in [1.29, 1.82) is 0 Å². The number of cyclic esters (lactones) is 1. The van der Waals surface area contributed by atoms with Crippen LogP contribution in [0.4, 0.5) is 0 Å². The lowest BCUT2D eigenvalue weighted by atomic mass is 10.1. The third-order valence-electron chi connectivity index (χ3n) is 2.30. The molecule has 1 aliphatic heterocycles. The Bertz CT molecular complexity index is 569. The fourth-order valence-corrected chi connectivity index (χ4v) is 2.50. The second-order valence-corrected chi connectivity index (χ2v) is 5.47. The molecule has 1 aromatic carbocycles. The van der Waals surface area contributed by atoms with Gasteiger partial charge in [0.2, 0.25) is 0 Å². The molecule has 0 spiro atoms. The Hall–Kier alpha value is -1.62. The van der Waals surface area contributed by atoms with Gasteiger partial charge in [0, 0.05) is 11.8 Å². The Balaban J connectivity index is 2.62. The number of esters is 1. The molecule has 84 valence electrons. The van der Waals surface area contributed by atoms with Crippen molar-refractivity contribution in [3.63, 3.8) is 0 Å². The third kappa shape index (κ3) is 1.86. The molecule has 1 aliphatic rings. The standard InChI is InChI=1S/C11H10O4S/c1-16(13,14)10-5-3-2-4-8(10)9-6-7-15-11(9)12/h2-6H,7H2,1H3. The average molecular weight is 238 g/mol. The minimum Gasteiger partial charge on any atom is -0.458 e. The monoisotopic (exact) mass is 238 g/mol. The van der Waals surface area contributed by atoms with Crippen molar-refractivity contribution in [3.8, 4) is 0 Å². The normalized spacial score (nSPS) is 15.8. The van der Waals surface area contributed by atoms with E-state index in [1.165, 1.54) is 6.07 Å². The number of hydrogen-bond donors (Lipinski definition) is 0. The molecule has 0 unspecified atom stereocenters. The van der Waals surface area contributed by atoms with Crippen LogP contribution in [-0.4, -0.2) is 27.2 Å². The van der Waals surface area contributed by atoms with Crippen molar-refractivity contribution in [2.24, 2.45) is 0 Å². The van der Waals surface area contributed by atoms with E-state index in [-0.39, 0.29) is 11.5 Å². The lowest BCUT2D eigenvalue weighted by Gasteiger charge is -2.06. The van der Waals surface area contributed by atoms with Crippen LogP contribution in [0.1, 0.15) is 5.56 Å². The van der Waals surface area contributed by atoms with Crippen LogP contribution in [0.25, 0.3) is 5.57 Å². The SMILES string of the molecule is CS(=O)(=O)c1ccccc1C1=CCOC1=O. The van der Waals surface area contributed by atoms with Crippen LogP contribution in [0, 0.1) is 0 Å². The first kappa shape index (κ1) is 10.9. The van der Waals surface area contributed by atoms with Gasteiger partial charge in [-0.3, -0.25) is 0 Å². The number of benzene rings is 1. The molecule has 0 aliphatic carbocycles. The van der Waals surface area contributed by atoms with Crippen LogP contribution in [-0.2, 0) is 19.4 Å². The van der Waals surface area contributed by atoms with Gasteiger partial charge in [-0.1, -0.05) is 18.2 Å². The van der Waals surface area contributed by atoms with E-state index in [0.717, 1.165) is 6.26 Å². The molecule has 0 fully saturated rings. The van der Waals surface area contributed by atoms with E-state index in [2.05, 4.69) is 0 Å². The van der Waals surface area contributed by atoms with Crippen LogP contribution in [0.3, 0.4) is 0 Å². The van der Waals surface area contributed by atoms with Gasteiger partial charge in [-0.15, -0.1) is 0 Å². The second kappa shape index (κ2) is 3.75. The summed E-state index contributed by atoms with van der Waals surface area (Å²) in [5.74, 6) is -0.476. The zero-order valence-electron chi connectivity index (χ0n) is 8.64. The smallest absolute Gasteiger partial charge is 0.338 e. The van der Waals surface area contributed by atoms with Gasteiger partial charge in [-0.05, 0) is 12.1 Å². The fraction of sp³-hybridized carbons (Fsp3) is 0.182. The number of rotatable bonds is 2. The van der Waals surface area contributed by atoms with Crippen molar-refractivity contribution in [1.82, 2.24) is 0 Å². The highest BCUT2D eigenvalue weighted by Gasteiger charge is 2.23. The predicted molar refractivity (Wildman–Crippen MR) is 58.5 cm³/mol. The molecule has 2 rings (SSSR count). The van der Waals surface area contributed by atoms with Crippen LogP contribution < -0.4 is 0 Å². The van der Waals surface area contributed by atoms with Gasteiger partial charge in [0.05, 0.1) is 10.5 Å². The first-order valence-corrected chi connectivity index (χ1v) is 6.56. The molecule has 4 nitrogen and oxygen atoms in total. The largest absolute Gasteiger partial charge is 0.458 e. The third-order valence-corrected chi connectivity index (χ3v) is 3.45. The molecule has 0 bridgehead atoms. The van der Waals surface area contributed by atoms with Crippen molar-refractivity contribution in [3.05, 3.63) is 35.9 Å². The molecule has 0 saturated carbocycles. The summed E-state index contributed by atoms with van der Waals surface area (Å²) < 4.78 is 27.8. The van der Waals surface area contributed by atoms with E-state index in [4.69, 9.17) is 4.74 Å². The van der Waals surface area contributed by atoms with Crippen LogP contribution in [0.5, 0.6) is 0 Å². The van der Waals surface area contributed by atoms with Crippen LogP contribution in [0.15, 0.2) is 35.2 Å². The van der Waals surface area contributed by atoms with Crippen molar-refractivity contribution >= 4 is 21.4 Å². The Morgan fingerprint density at radius 1 is 1.25 bits per heavy atom. The second-order valence-electron chi connectivity index (χ2n) is 3.48. The first-order valence-electron chi connectivity index (χ1n) is 4.67. The molecule has 0 saturated heterocycles. The first-order chi connectivity index (χ1) is 7.50. The quantitative estimate of drug-likeness (QED) is 0.722. The van der Waals surface area contributed by atoms with E-state index in [0.29, 0.717) is 11.1 Å². The number of ether oxygens (including phenoxy) is 1. The van der Waals surface area contributed by atoms with E-state index >= 15 is 0 Å². The van der Waals surface area contributed by atoms with E-state index in [1.54, 1.807) is 24.3 Å². The van der Waals surface area contributed by atoms with Crippen LogP contribution in [0.2, 0.25) is 0 Å².